The largest absolute Gasteiger partial charge is 0.286 e. The van der Waals surface area contributed by atoms with Crippen LogP contribution in [0.4, 0.5) is 0 Å². The van der Waals surface area contributed by atoms with Gasteiger partial charge < -0.3 is 0 Å². The molecule has 0 aliphatic rings. The Morgan fingerprint density at radius 2 is 2.22 bits per heavy atom. The molecule has 0 atom stereocenters. The summed E-state index contributed by atoms with van der Waals surface area (Å²) >= 11 is 0. The first kappa shape index (κ1) is 12.9. The van der Waals surface area contributed by atoms with E-state index < -0.39 is 10.1 Å². The Labute approximate surface area is 105 Å². The average Bonchev–Trinajstić information content (AvgIpc) is 2.59. The zero-order valence-corrected chi connectivity index (χ0v) is 11.1. The van der Waals surface area contributed by atoms with E-state index in [4.69, 9.17) is 4.55 Å². The third-order valence-corrected chi connectivity index (χ3v) is 3.50. The highest BCUT2D eigenvalue weighted by Gasteiger charge is 2.15. The number of aromatic nitrogens is 4. The van der Waals surface area contributed by atoms with E-state index >= 15 is 0 Å². The van der Waals surface area contributed by atoms with Crippen LogP contribution in [0.15, 0.2) is 12.3 Å². The fraction of sp³-hybridized carbons (Fsp3) is 0.500. The zero-order chi connectivity index (χ0) is 13.3. The van der Waals surface area contributed by atoms with Crippen LogP contribution in [0.25, 0.3) is 11.0 Å². The Morgan fingerprint density at radius 1 is 1.50 bits per heavy atom. The number of hydrogen-bond acceptors (Lipinski definition) is 4. The summed E-state index contributed by atoms with van der Waals surface area (Å²) in [5, 5.41) is 9.44. The summed E-state index contributed by atoms with van der Waals surface area (Å²) in [6, 6.07) is 1.95. The molecule has 0 saturated heterocycles. The summed E-state index contributed by atoms with van der Waals surface area (Å²) < 4.78 is 33.3. The lowest BCUT2D eigenvalue weighted by atomic mass is 10.3. The minimum atomic E-state index is -3.91. The standard InChI is InChI=1S/C10H14N4O3S/c1-8-6-9-7-11-13(2)10(9)12-14(8)4-3-5-18(15,16)17/h6-7H,3-5H2,1-2H3/p+1. The third kappa shape index (κ3) is 2.82. The molecular weight excluding hydrogens is 256 g/mol. The molecule has 2 aromatic heterocycles. The molecule has 0 unspecified atom stereocenters. The van der Waals surface area contributed by atoms with Crippen LogP contribution in [0.1, 0.15) is 12.1 Å². The second-order valence-corrected chi connectivity index (χ2v) is 5.77. The first-order chi connectivity index (χ1) is 8.37. The molecule has 0 saturated carbocycles. The van der Waals surface area contributed by atoms with Gasteiger partial charge in [0, 0.05) is 31.6 Å². The van der Waals surface area contributed by atoms with Crippen LogP contribution < -0.4 is 4.68 Å². The normalized spacial score (nSPS) is 12.2. The molecular formula is C10H15N4O3S+. The van der Waals surface area contributed by atoms with Gasteiger partial charge in [-0.25, -0.2) is 4.68 Å². The number of nitrogens with zero attached hydrogens (tertiary/aromatic N) is 4. The van der Waals surface area contributed by atoms with Crippen molar-refractivity contribution in [1.29, 1.82) is 0 Å². The fourth-order valence-electron chi connectivity index (χ4n) is 1.79. The van der Waals surface area contributed by atoms with Crippen LogP contribution in [0.3, 0.4) is 0 Å². The van der Waals surface area contributed by atoms with Gasteiger partial charge in [0.25, 0.3) is 10.1 Å². The topological polar surface area (TPSA) is 89.0 Å². The molecule has 1 N–H and O–H groups in total. The molecule has 18 heavy (non-hydrogen) atoms. The van der Waals surface area contributed by atoms with Gasteiger partial charge in [-0.05, 0) is 0 Å². The van der Waals surface area contributed by atoms with Crippen molar-refractivity contribution in [3.63, 3.8) is 0 Å². The smallest absolute Gasteiger partial charge is 0.265 e. The molecule has 0 amide bonds. The van der Waals surface area contributed by atoms with Gasteiger partial charge in [0.1, 0.15) is 0 Å². The van der Waals surface area contributed by atoms with Gasteiger partial charge >= 0.3 is 0 Å². The van der Waals surface area contributed by atoms with E-state index in [2.05, 4.69) is 10.2 Å². The number of rotatable bonds is 4. The van der Waals surface area contributed by atoms with Crippen molar-refractivity contribution in [1.82, 2.24) is 14.9 Å². The predicted molar refractivity (Wildman–Crippen MR) is 64.5 cm³/mol. The number of hydrogen-bond donors (Lipinski definition) is 1. The molecule has 0 spiro atoms. The van der Waals surface area contributed by atoms with Crippen molar-refractivity contribution < 1.29 is 17.7 Å². The van der Waals surface area contributed by atoms with E-state index in [-0.39, 0.29) is 5.75 Å². The minimum absolute atomic E-state index is 0.259. The lowest BCUT2D eigenvalue weighted by Gasteiger charge is -1.99. The highest BCUT2D eigenvalue weighted by atomic mass is 32.2. The Bertz CT molecular complexity index is 678. The van der Waals surface area contributed by atoms with Crippen molar-refractivity contribution >= 4 is 21.2 Å². The van der Waals surface area contributed by atoms with E-state index in [0.717, 1.165) is 16.7 Å². The summed E-state index contributed by atoms with van der Waals surface area (Å²) in [4.78, 5) is 0. The Kier molecular flexibility index (Phi) is 3.31. The van der Waals surface area contributed by atoms with E-state index in [1.165, 1.54) is 0 Å². The first-order valence-electron chi connectivity index (χ1n) is 5.51. The van der Waals surface area contributed by atoms with Crippen LogP contribution in [0.5, 0.6) is 0 Å². The summed E-state index contributed by atoms with van der Waals surface area (Å²) in [6.45, 7) is 2.33. The molecule has 2 aromatic rings. The van der Waals surface area contributed by atoms with E-state index in [1.807, 2.05) is 13.0 Å². The van der Waals surface area contributed by atoms with Gasteiger partial charge in [-0.3, -0.25) is 4.55 Å². The molecule has 8 heteroatoms. The van der Waals surface area contributed by atoms with Crippen molar-refractivity contribution in [2.24, 2.45) is 7.05 Å². The monoisotopic (exact) mass is 271 g/mol. The average molecular weight is 271 g/mol. The maximum Gasteiger partial charge on any atom is 0.265 e. The van der Waals surface area contributed by atoms with Gasteiger partial charge in [0.05, 0.1) is 17.3 Å². The van der Waals surface area contributed by atoms with Crippen LogP contribution in [-0.2, 0) is 23.7 Å². The lowest BCUT2D eigenvalue weighted by Crippen LogP contribution is -2.42. The van der Waals surface area contributed by atoms with Crippen molar-refractivity contribution in [2.45, 2.75) is 19.9 Å². The van der Waals surface area contributed by atoms with Crippen LogP contribution in [0.2, 0.25) is 0 Å². The van der Waals surface area contributed by atoms with Gasteiger partial charge in [0.2, 0.25) is 11.3 Å². The molecule has 0 aliphatic carbocycles. The van der Waals surface area contributed by atoms with E-state index in [9.17, 15) is 8.42 Å². The summed E-state index contributed by atoms with van der Waals surface area (Å²) in [6.07, 6.45) is 2.05. The quantitative estimate of drug-likeness (QED) is 0.616. The van der Waals surface area contributed by atoms with E-state index in [1.54, 1.807) is 22.6 Å². The number of fused-ring (bicyclic) bond motifs is 1. The second kappa shape index (κ2) is 4.62. The first-order valence-corrected chi connectivity index (χ1v) is 7.12. The molecule has 0 aliphatic heterocycles. The predicted octanol–water partition coefficient (Wildman–Crippen LogP) is -0.158. The summed E-state index contributed by atoms with van der Waals surface area (Å²) in [5.41, 5.74) is 1.67. The second-order valence-electron chi connectivity index (χ2n) is 4.20. The molecule has 0 bridgehead atoms. The van der Waals surface area contributed by atoms with Gasteiger partial charge in [-0.1, -0.05) is 4.68 Å². The van der Waals surface area contributed by atoms with Crippen molar-refractivity contribution in [3.05, 3.63) is 18.0 Å². The molecule has 0 aromatic carbocycles. The third-order valence-electron chi connectivity index (χ3n) is 2.69. The number of aryl methyl sites for hydroxylation is 3. The lowest BCUT2D eigenvalue weighted by molar-refractivity contribution is -0.757. The van der Waals surface area contributed by atoms with Crippen LogP contribution >= 0.6 is 0 Å². The van der Waals surface area contributed by atoms with Crippen molar-refractivity contribution in [3.8, 4) is 0 Å². The van der Waals surface area contributed by atoms with Gasteiger partial charge in [-0.15, -0.1) is 0 Å². The molecule has 0 fully saturated rings. The fourth-order valence-corrected chi connectivity index (χ4v) is 2.28. The van der Waals surface area contributed by atoms with Crippen LogP contribution in [0, 0.1) is 6.92 Å². The Balaban J connectivity index is 2.22. The van der Waals surface area contributed by atoms with Crippen LogP contribution in [-0.4, -0.2) is 33.6 Å². The zero-order valence-electron chi connectivity index (χ0n) is 10.2. The molecule has 2 rings (SSSR count). The maximum absolute atomic E-state index is 10.6. The Morgan fingerprint density at radius 3 is 2.89 bits per heavy atom. The van der Waals surface area contributed by atoms with E-state index in [0.29, 0.717) is 13.0 Å². The SMILES string of the molecule is Cc1cc2cnn(C)c2n[n+]1CCCS(=O)(=O)O. The highest BCUT2D eigenvalue weighted by Crippen LogP contribution is 2.08. The van der Waals surface area contributed by atoms with Gasteiger partial charge in [0.15, 0.2) is 6.54 Å². The molecule has 98 valence electrons. The van der Waals surface area contributed by atoms with Crippen molar-refractivity contribution in [2.75, 3.05) is 5.75 Å². The Hall–Kier alpha value is -1.54. The highest BCUT2D eigenvalue weighted by molar-refractivity contribution is 7.85. The molecule has 0 radical (unpaired) electrons. The molecule has 2 heterocycles. The maximum atomic E-state index is 10.6. The summed E-state index contributed by atoms with van der Waals surface area (Å²) in [5.74, 6) is -0.259. The molecule has 7 nitrogen and oxygen atoms in total. The summed E-state index contributed by atoms with van der Waals surface area (Å²) in [7, 11) is -2.11. The minimum Gasteiger partial charge on any atom is -0.286 e. The van der Waals surface area contributed by atoms with Gasteiger partial charge in [-0.2, -0.15) is 13.5 Å².